The molecule has 62 valence electrons. The topological polar surface area (TPSA) is 58.9 Å². The number of oxime groups is 1. The van der Waals surface area contributed by atoms with Crippen LogP contribution in [0.5, 0.6) is 0 Å². The van der Waals surface area contributed by atoms with E-state index in [2.05, 4.69) is 5.16 Å². The fraction of sp³-hybridized carbons (Fsp3) is 0.714. The van der Waals surface area contributed by atoms with Gasteiger partial charge in [0.1, 0.15) is 6.10 Å². The van der Waals surface area contributed by atoms with E-state index in [1.165, 1.54) is 0 Å². The molecule has 0 atom stereocenters. The maximum atomic E-state index is 9.94. The van der Waals surface area contributed by atoms with Crippen LogP contribution in [-0.4, -0.2) is 23.4 Å². The van der Waals surface area contributed by atoms with Gasteiger partial charge in [0.05, 0.1) is 0 Å². The summed E-state index contributed by atoms with van der Waals surface area (Å²) < 4.78 is 0. The van der Waals surface area contributed by atoms with Crippen molar-refractivity contribution in [1.29, 1.82) is 0 Å². The Morgan fingerprint density at radius 2 is 2.18 bits per heavy atom. The summed E-state index contributed by atoms with van der Waals surface area (Å²) in [6.07, 6.45) is 5.23. The molecule has 1 fully saturated rings. The molecule has 0 radical (unpaired) electrons. The SMILES string of the molecule is O=C(O)/C=N\OC1CCCC1. The number of nitrogens with zero attached hydrogens (tertiary/aromatic N) is 1. The number of carbonyl (C=O) groups is 1. The average Bonchev–Trinajstić information content (AvgIpc) is 2.39. The molecular formula is C7H11NO3. The zero-order valence-corrected chi connectivity index (χ0v) is 6.19. The molecule has 0 spiro atoms. The van der Waals surface area contributed by atoms with Gasteiger partial charge >= 0.3 is 5.97 Å². The third-order valence-electron chi connectivity index (χ3n) is 1.68. The van der Waals surface area contributed by atoms with E-state index in [0.29, 0.717) is 0 Å². The molecule has 11 heavy (non-hydrogen) atoms. The molecule has 1 aliphatic rings. The average molecular weight is 157 g/mol. The summed E-state index contributed by atoms with van der Waals surface area (Å²) in [5.41, 5.74) is 0. The monoisotopic (exact) mass is 157 g/mol. The maximum Gasteiger partial charge on any atom is 0.350 e. The van der Waals surface area contributed by atoms with Gasteiger partial charge < -0.3 is 9.94 Å². The third kappa shape index (κ3) is 3.02. The highest BCUT2D eigenvalue weighted by Crippen LogP contribution is 2.20. The maximum absolute atomic E-state index is 9.94. The quantitative estimate of drug-likeness (QED) is 0.491. The van der Waals surface area contributed by atoms with Gasteiger partial charge in [-0.2, -0.15) is 0 Å². The van der Waals surface area contributed by atoms with Crippen molar-refractivity contribution in [3.05, 3.63) is 0 Å². The second-order valence-corrected chi connectivity index (χ2v) is 2.58. The Morgan fingerprint density at radius 3 is 2.73 bits per heavy atom. The van der Waals surface area contributed by atoms with E-state index < -0.39 is 5.97 Å². The minimum atomic E-state index is -1.07. The van der Waals surface area contributed by atoms with Crippen LogP contribution < -0.4 is 0 Å². The van der Waals surface area contributed by atoms with Crippen LogP contribution >= 0.6 is 0 Å². The summed E-state index contributed by atoms with van der Waals surface area (Å²) in [6.45, 7) is 0. The molecule has 4 nitrogen and oxygen atoms in total. The summed E-state index contributed by atoms with van der Waals surface area (Å²) in [5, 5.41) is 11.5. The lowest BCUT2D eigenvalue weighted by Gasteiger charge is -2.03. The molecule has 0 saturated heterocycles. The fourth-order valence-corrected chi connectivity index (χ4v) is 1.16. The Labute approximate surface area is 64.8 Å². The molecule has 1 saturated carbocycles. The summed E-state index contributed by atoms with van der Waals surface area (Å²) in [7, 11) is 0. The van der Waals surface area contributed by atoms with Gasteiger partial charge in [0.25, 0.3) is 0 Å². The number of rotatable bonds is 3. The Kier molecular flexibility index (Phi) is 2.89. The Bertz CT molecular complexity index is 161. The lowest BCUT2D eigenvalue weighted by Crippen LogP contribution is -2.04. The van der Waals surface area contributed by atoms with Crippen molar-refractivity contribution < 1.29 is 14.7 Å². The van der Waals surface area contributed by atoms with Crippen LogP contribution in [0.15, 0.2) is 5.16 Å². The van der Waals surface area contributed by atoms with Gasteiger partial charge in [-0.05, 0) is 25.7 Å². The van der Waals surface area contributed by atoms with E-state index in [1.807, 2.05) is 0 Å². The first kappa shape index (κ1) is 8.04. The largest absolute Gasteiger partial charge is 0.477 e. The van der Waals surface area contributed by atoms with Crippen LogP contribution in [0.4, 0.5) is 0 Å². The first-order chi connectivity index (χ1) is 5.29. The number of aliphatic carboxylic acids is 1. The van der Waals surface area contributed by atoms with Crippen molar-refractivity contribution >= 4 is 12.2 Å². The summed E-state index contributed by atoms with van der Waals surface area (Å²) >= 11 is 0. The highest BCUT2D eigenvalue weighted by molar-refractivity contribution is 6.21. The molecule has 0 amide bonds. The van der Waals surface area contributed by atoms with Crippen LogP contribution in [0, 0.1) is 0 Å². The van der Waals surface area contributed by atoms with Gasteiger partial charge in [0, 0.05) is 0 Å². The van der Waals surface area contributed by atoms with E-state index in [1.54, 1.807) is 0 Å². The number of hydrogen-bond acceptors (Lipinski definition) is 3. The second kappa shape index (κ2) is 3.95. The van der Waals surface area contributed by atoms with Crippen molar-refractivity contribution in [3.63, 3.8) is 0 Å². The predicted octanol–water partition coefficient (Wildman–Crippen LogP) is 1.02. The van der Waals surface area contributed by atoms with Crippen molar-refractivity contribution in [3.8, 4) is 0 Å². The third-order valence-corrected chi connectivity index (χ3v) is 1.68. The Morgan fingerprint density at radius 1 is 1.55 bits per heavy atom. The van der Waals surface area contributed by atoms with Crippen molar-refractivity contribution in [2.24, 2.45) is 5.16 Å². The van der Waals surface area contributed by atoms with E-state index in [-0.39, 0.29) is 6.10 Å². The lowest BCUT2D eigenvalue weighted by atomic mass is 10.3. The second-order valence-electron chi connectivity index (χ2n) is 2.58. The van der Waals surface area contributed by atoms with Crippen LogP contribution in [0.25, 0.3) is 0 Å². The smallest absolute Gasteiger partial charge is 0.350 e. The Hall–Kier alpha value is -1.06. The van der Waals surface area contributed by atoms with E-state index in [0.717, 1.165) is 31.9 Å². The zero-order valence-electron chi connectivity index (χ0n) is 6.19. The molecule has 0 unspecified atom stereocenters. The number of carboxylic acid groups (broad SMARTS) is 1. The van der Waals surface area contributed by atoms with E-state index >= 15 is 0 Å². The van der Waals surface area contributed by atoms with Gasteiger partial charge in [-0.25, -0.2) is 4.79 Å². The molecule has 0 aromatic rings. The molecular weight excluding hydrogens is 146 g/mol. The first-order valence-corrected chi connectivity index (χ1v) is 3.71. The first-order valence-electron chi connectivity index (χ1n) is 3.71. The van der Waals surface area contributed by atoms with Gasteiger partial charge in [0.2, 0.25) is 0 Å². The van der Waals surface area contributed by atoms with Crippen LogP contribution in [0.1, 0.15) is 25.7 Å². The highest BCUT2D eigenvalue weighted by atomic mass is 16.6. The standard InChI is InChI=1S/C7H11NO3/c9-7(10)5-8-11-6-3-1-2-4-6/h5-6H,1-4H2,(H,9,10)/b8-5-. The zero-order chi connectivity index (χ0) is 8.10. The molecule has 1 N–H and O–H groups in total. The minimum absolute atomic E-state index is 0.144. The molecule has 0 heterocycles. The molecule has 1 aliphatic carbocycles. The molecule has 0 aromatic heterocycles. The number of hydrogen-bond donors (Lipinski definition) is 1. The normalized spacial score (nSPS) is 19.3. The van der Waals surface area contributed by atoms with Crippen LogP contribution in [0.3, 0.4) is 0 Å². The van der Waals surface area contributed by atoms with Crippen molar-refractivity contribution in [2.75, 3.05) is 0 Å². The fourth-order valence-electron chi connectivity index (χ4n) is 1.16. The van der Waals surface area contributed by atoms with E-state index in [9.17, 15) is 4.79 Å². The molecule has 1 rings (SSSR count). The molecule has 4 heteroatoms. The number of carboxylic acids is 1. The van der Waals surface area contributed by atoms with Crippen molar-refractivity contribution in [2.45, 2.75) is 31.8 Å². The van der Waals surface area contributed by atoms with Gasteiger partial charge in [-0.3, -0.25) is 0 Å². The van der Waals surface area contributed by atoms with Gasteiger partial charge in [-0.15, -0.1) is 0 Å². The molecule has 0 aliphatic heterocycles. The van der Waals surface area contributed by atoms with Gasteiger partial charge in [0.15, 0.2) is 6.21 Å². The minimum Gasteiger partial charge on any atom is -0.477 e. The van der Waals surface area contributed by atoms with Crippen LogP contribution in [0.2, 0.25) is 0 Å². The summed E-state index contributed by atoms with van der Waals surface area (Å²) in [5.74, 6) is -1.07. The van der Waals surface area contributed by atoms with Crippen molar-refractivity contribution in [1.82, 2.24) is 0 Å². The summed E-state index contributed by atoms with van der Waals surface area (Å²) in [6, 6.07) is 0. The Balaban J connectivity index is 2.15. The summed E-state index contributed by atoms with van der Waals surface area (Å²) in [4.78, 5) is 14.8. The van der Waals surface area contributed by atoms with E-state index in [4.69, 9.17) is 9.94 Å². The molecule has 0 bridgehead atoms. The van der Waals surface area contributed by atoms with Gasteiger partial charge in [-0.1, -0.05) is 5.16 Å². The predicted molar refractivity (Wildman–Crippen MR) is 39.5 cm³/mol. The van der Waals surface area contributed by atoms with Crippen LogP contribution in [-0.2, 0) is 9.63 Å². The highest BCUT2D eigenvalue weighted by Gasteiger charge is 2.15. The lowest BCUT2D eigenvalue weighted by molar-refractivity contribution is -0.129. The molecule has 0 aromatic carbocycles.